The molecule has 0 heterocycles. The van der Waals surface area contributed by atoms with Crippen molar-refractivity contribution in [2.45, 2.75) is 117 Å². The first-order valence-corrected chi connectivity index (χ1v) is 17.4. The van der Waals surface area contributed by atoms with Crippen LogP contribution in [0.15, 0.2) is 53.6 Å². The molecule has 280 valence electrons. The normalized spacial score (nSPS) is 31.2. The van der Waals surface area contributed by atoms with Gasteiger partial charge in [0.05, 0.1) is 11.5 Å². The Morgan fingerprint density at radius 1 is 0.804 bits per heavy atom. The predicted molar refractivity (Wildman–Crippen MR) is 186 cm³/mol. The average molecular weight is 712 g/mol. The molecule has 0 saturated heterocycles. The number of fused-ring (bicyclic) bond motifs is 3. The Hall–Kier alpha value is -4.03. The topological polar surface area (TPSA) is 155 Å². The quantitative estimate of drug-likeness (QED) is 0.216. The Balaban J connectivity index is 1.88. The Kier molecular flexibility index (Phi) is 11.9. The van der Waals surface area contributed by atoms with E-state index >= 15 is 0 Å². The highest BCUT2D eigenvalue weighted by molar-refractivity contribution is 5.76. The molecule has 0 aliphatic heterocycles. The monoisotopic (exact) mass is 711 g/mol. The molecule has 10 atom stereocenters. The highest BCUT2D eigenvalue weighted by atomic mass is 16.6. The van der Waals surface area contributed by atoms with Gasteiger partial charge < -0.3 is 28.8 Å². The van der Waals surface area contributed by atoms with Crippen LogP contribution in [-0.2, 0) is 47.7 Å². The summed E-state index contributed by atoms with van der Waals surface area (Å²) in [7, 11) is 3.50. The molecule has 12 nitrogen and oxygen atoms in total. The zero-order valence-corrected chi connectivity index (χ0v) is 31.4. The number of likely N-dealkylation sites (N-methyl/N-ethyl adjacent to an activating group) is 1. The lowest BCUT2D eigenvalue weighted by Gasteiger charge is -2.59. The molecule has 0 spiro atoms. The largest absolute Gasteiger partial charge is 0.462 e. The van der Waals surface area contributed by atoms with Gasteiger partial charge in [-0.05, 0) is 73.4 Å². The maximum atomic E-state index is 13.8. The fraction of sp³-hybridized carbons (Fsp3) is 0.615. The minimum absolute atomic E-state index is 0.0610. The van der Waals surface area contributed by atoms with E-state index in [1.807, 2.05) is 58.0 Å². The van der Waals surface area contributed by atoms with Crippen molar-refractivity contribution in [1.29, 1.82) is 0 Å². The lowest BCUT2D eigenvalue weighted by Crippen LogP contribution is -2.64. The standard InChI is InChI=1S/C39H53NO11/c1-20-28-17-27-18-29(47-22(3)41)21(2)32(38(27,7)8)35(49-24(5)43)36(50-25(6)44)39(28,9)31(48-23(4)42)19-30(20)51-37(46)34(45)33(40(10)11)26-15-13-12-14-16-26/h12-16,27-31,33-36,45H,1,17-19H2,2-11H3/t27-,28?,29?,30?,31+,33?,34?,35-,36?,39+/m1/s1. The summed E-state index contributed by atoms with van der Waals surface area (Å²) < 4.78 is 30.1. The third-order valence-corrected chi connectivity index (χ3v) is 11.2. The molecule has 4 rings (SSSR count). The third kappa shape index (κ3) is 7.91. The van der Waals surface area contributed by atoms with E-state index in [4.69, 9.17) is 23.7 Å². The second-order valence-electron chi connectivity index (χ2n) is 15.2. The van der Waals surface area contributed by atoms with Gasteiger partial charge in [-0.1, -0.05) is 57.7 Å². The van der Waals surface area contributed by atoms with Gasteiger partial charge in [0.2, 0.25) is 0 Å². The van der Waals surface area contributed by atoms with Gasteiger partial charge in [-0.3, -0.25) is 24.1 Å². The molecular weight excluding hydrogens is 658 g/mol. The lowest BCUT2D eigenvalue weighted by molar-refractivity contribution is -0.213. The van der Waals surface area contributed by atoms with Crippen LogP contribution in [0.2, 0.25) is 0 Å². The summed E-state index contributed by atoms with van der Waals surface area (Å²) in [5.74, 6) is -4.13. The molecular formula is C39H53NO11. The second kappa shape index (κ2) is 15.3. The van der Waals surface area contributed by atoms with Gasteiger partial charge in [-0.15, -0.1) is 0 Å². The van der Waals surface area contributed by atoms with E-state index in [1.54, 1.807) is 19.0 Å². The number of aliphatic hydroxyl groups is 1. The van der Waals surface area contributed by atoms with Gasteiger partial charge in [0.25, 0.3) is 0 Å². The van der Waals surface area contributed by atoms with E-state index < -0.39 is 89.3 Å². The molecule has 1 N–H and O–H groups in total. The van der Waals surface area contributed by atoms with Crippen molar-refractivity contribution in [1.82, 2.24) is 4.90 Å². The molecule has 0 aromatic heterocycles. The smallest absolute Gasteiger partial charge is 0.337 e. The average Bonchev–Trinajstić information content (AvgIpc) is 3.01. The van der Waals surface area contributed by atoms with E-state index in [1.165, 1.54) is 27.7 Å². The minimum Gasteiger partial charge on any atom is -0.462 e. The van der Waals surface area contributed by atoms with E-state index in [0.717, 1.165) is 0 Å². The highest BCUT2D eigenvalue weighted by Crippen LogP contribution is 2.61. The molecule has 3 aliphatic rings. The number of benzene rings is 1. The number of aliphatic hydroxyl groups excluding tert-OH is 1. The zero-order chi connectivity index (χ0) is 38.2. The Bertz CT molecular complexity index is 1570. The maximum absolute atomic E-state index is 13.8. The minimum atomic E-state index is -1.58. The van der Waals surface area contributed by atoms with Crippen molar-refractivity contribution in [3.8, 4) is 0 Å². The summed E-state index contributed by atoms with van der Waals surface area (Å²) in [6.45, 7) is 17.2. The first kappa shape index (κ1) is 39.8. The molecule has 2 saturated carbocycles. The number of hydrogen-bond acceptors (Lipinski definition) is 12. The summed E-state index contributed by atoms with van der Waals surface area (Å²) in [5.41, 5.74) is 0.598. The Morgan fingerprint density at radius 2 is 1.37 bits per heavy atom. The van der Waals surface area contributed by atoms with Crippen molar-refractivity contribution in [3.63, 3.8) is 0 Å². The first-order valence-electron chi connectivity index (χ1n) is 17.4. The summed E-state index contributed by atoms with van der Waals surface area (Å²) in [6, 6.07) is 8.37. The van der Waals surface area contributed by atoms with Gasteiger partial charge >= 0.3 is 29.8 Å². The zero-order valence-electron chi connectivity index (χ0n) is 31.4. The van der Waals surface area contributed by atoms with Crippen LogP contribution < -0.4 is 0 Å². The Morgan fingerprint density at radius 3 is 1.90 bits per heavy atom. The predicted octanol–water partition coefficient (Wildman–Crippen LogP) is 4.64. The SMILES string of the molecule is C=C1C(OC(=O)C(O)C(c2ccccc2)N(C)C)C[C@H](OC(C)=O)[C@]2(C)C1C[C@@H]1CC(OC(C)=O)C(C)=C([C@@H](OC(C)=O)C2OC(C)=O)C1(C)C. The van der Waals surface area contributed by atoms with Crippen molar-refractivity contribution >= 4 is 29.8 Å². The number of ether oxygens (including phenoxy) is 5. The van der Waals surface area contributed by atoms with Gasteiger partial charge in [0.15, 0.2) is 18.3 Å². The Labute approximate surface area is 300 Å². The van der Waals surface area contributed by atoms with Crippen molar-refractivity contribution in [3.05, 3.63) is 59.2 Å². The molecule has 1 aromatic rings. The van der Waals surface area contributed by atoms with E-state index in [2.05, 4.69) is 6.58 Å². The lowest BCUT2D eigenvalue weighted by atomic mass is 9.49. The number of rotatable bonds is 9. The van der Waals surface area contributed by atoms with Crippen LogP contribution in [0.1, 0.15) is 86.3 Å². The van der Waals surface area contributed by atoms with Crippen molar-refractivity contribution in [2.24, 2.45) is 22.7 Å². The van der Waals surface area contributed by atoms with Crippen LogP contribution in [0.5, 0.6) is 0 Å². The van der Waals surface area contributed by atoms with Crippen LogP contribution in [0.25, 0.3) is 0 Å². The molecule has 3 aliphatic carbocycles. The van der Waals surface area contributed by atoms with Crippen LogP contribution in [0, 0.1) is 22.7 Å². The van der Waals surface area contributed by atoms with Crippen molar-refractivity contribution < 1.29 is 52.8 Å². The second-order valence-corrected chi connectivity index (χ2v) is 15.2. The number of nitrogens with zero attached hydrogens (tertiary/aromatic N) is 1. The van der Waals surface area contributed by atoms with Crippen LogP contribution in [-0.4, -0.2) is 90.6 Å². The number of hydrogen-bond donors (Lipinski definition) is 1. The van der Waals surface area contributed by atoms with Crippen molar-refractivity contribution in [2.75, 3.05) is 14.1 Å². The molecule has 0 radical (unpaired) electrons. The number of esters is 5. The fourth-order valence-corrected chi connectivity index (χ4v) is 8.87. The van der Waals surface area contributed by atoms with E-state index in [-0.39, 0.29) is 12.3 Å². The third-order valence-electron chi connectivity index (χ3n) is 11.2. The van der Waals surface area contributed by atoms with Gasteiger partial charge in [-0.2, -0.15) is 0 Å². The summed E-state index contributed by atoms with van der Waals surface area (Å²) in [6.07, 6.45) is -5.88. The van der Waals surface area contributed by atoms with E-state index in [9.17, 15) is 29.1 Å². The van der Waals surface area contributed by atoms with Gasteiger partial charge in [0, 0.05) is 34.1 Å². The van der Waals surface area contributed by atoms with Crippen LogP contribution in [0.3, 0.4) is 0 Å². The van der Waals surface area contributed by atoms with E-state index in [0.29, 0.717) is 35.1 Å². The molecule has 51 heavy (non-hydrogen) atoms. The number of carbonyl (C=O) groups excluding carboxylic acids is 5. The molecule has 0 amide bonds. The number of carbonyl (C=O) groups is 5. The summed E-state index contributed by atoms with van der Waals surface area (Å²) in [4.78, 5) is 66.3. The molecule has 6 unspecified atom stereocenters. The fourth-order valence-electron chi connectivity index (χ4n) is 8.87. The van der Waals surface area contributed by atoms with Gasteiger partial charge in [-0.25, -0.2) is 4.79 Å². The van der Waals surface area contributed by atoms with Crippen LogP contribution >= 0.6 is 0 Å². The summed E-state index contributed by atoms with van der Waals surface area (Å²) in [5, 5.41) is 11.4. The molecule has 2 fully saturated rings. The summed E-state index contributed by atoms with van der Waals surface area (Å²) >= 11 is 0. The highest BCUT2D eigenvalue weighted by Gasteiger charge is 2.64. The molecule has 1 aromatic carbocycles. The van der Waals surface area contributed by atoms with Crippen LogP contribution in [0.4, 0.5) is 0 Å². The maximum Gasteiger partial charge on any atom is 0.337 e. The van der Waals surface area contributed by atoms with Gasteiger partial charge in [0.1, 0.15) is 18.3 Å². The first-order chi connectivity index (χ1) is 23.7. The molecule has 2 bridgehead atoms. The molecule has 12 heteroatoms.